The third-order valence-electron chi connectivity index (χ3n) is 4.05. The van der Waals surface area contributed by atoms with Crippen molar-refractivity contribution >= 4 is 11.7 Å². The standard InChI is InChI=1S/C20H22FNO3/c1-14-3-5-15(6-4-14)18(23)11-12-19(24)22-13-20(2,25)16-7-9-17(21)10-8-16/h3-10,25H,11-13H2,1-2H3,(H,22,24). The number of amides is 1. The van der Waals surface area contributed by atoms with Gasteiger partial charge in [-0.15, -0.1) is 0 Å². The van der Waals surface area contributed by atoms with Gasteiger partial charge in [0.1, 0.15) is 11.4 Å². The van der Waals surface area contributed by atoms with E-state index in [1.807, 2.05) is 19.1 Å². The number of ketones is 1. The van der Waals surface area contributed by atoms with Crippen LogP contribution in [0.1, 0.15) is 41.3 Å². The van der Waals surface area contributed by atoms with E-state index in [4.69, 9.17) is 0 Å². The van der Waals surface area contributed by atoms with Crippen LogP contribution in [0.5, 0.6) is 0 Å². The lowest BCUT2D eigenvalue weighted by atomic mass is 9.96. The van der Waals surface area contributed by atoms with Gasteiger partial charge in [0.05, 0.1) is 6.54 Å². The molecule has 0 aliphatic carbocycles. The maximum atomic E-state index is 12.9. The van der Waals surface area contributed by atoms with Crippen molar-refractivity contribution in [3.63, 3.8) is 0 Å². The zero-order chi connectivity index (χ0) is 18.4. The second-order valence-corrected chi connectivity index (χ2v) is 6.35. The second-order valence-electron chi connectivity index (χ2n) is 6.35. The van der Waals surface area contributed by atoms with Crippen LogP contribution < -0.4 is 5.32 Å². The third-order valence-corrected chi connectivity index (χ3v) is 4.05. The monoisotopic (exact) mass is 343 g/mol. The van der Waals surface area contributed by atoms with Crippen molar-refractivity contribution in [1.29, 1.82) is 0 Å². The number of halogens is 1. The molecule has 0 spiro atoms. The molecule has 0 fully saturated rings. The molecule has 1 atom stereocenters. The molecule has 0 aliphatic rings. The Bertz CT molecular complexity index is 737. The zero-order valence-electron chi connectivity index (χ0n) is 14.4. The zero-order valence-corrected chi connectivity index (χ0v) is 14.4. The summed E-state index contributed by atoms with van der Waals surface area (Å²) >= 11 is 0. The Kier molecular flexibility index (Phi) is 6.04. The van der Waals surface area contributed by atoms with E-state index in [-0.39, 0.29) is 31.1 Å². The fourth-order valence-electron chi connectivity index (χ4n) is 2.38. The lowest BCUT2D eigenvalue weighted by molar-refractivity contribution is -0.122. The van der Waals surface area contributed by atoms with Gasteiger partial charge in [-0.05, 0) is 31.5 Å². The van der Waals surface area contributed by atoms with Crippen LogP contribution in [0, 0.1) is 12.7 Å². The molecule has 1 unspecified atom stereocenters. The molecule has 0 saturated carbocycles. The van der Waals surface area contributed by atoms with Gasteiger partial charge in [0, 0.05) is 18.4 Å². The van der Waals surface area contributed by atoms with Gasteiger partial charge in [-0.25, -0.2) is 4.39 Å². The molecule has 0 saturated heterocycles. The largest absolute Gasteiger partial charge is 0.384 e. The first kappa shape index (κ1) is 18.8. The summed E-state index contributed by atoms with van der Waals surface area (Å²) in [6.45, 7) is 3.46. The molecule has 132 valence electrons. The van der Waals surface area contributed by atoms with E-state index in [1.54, 1.807) is 12.1 Å². The fraction of sp³-hybridized carbons (Fsp3) is 0.300. The summed E-state index contributed by atoms with van der Waals surface area (Å²) in [4.78, 5) is 24.0. The van der Waals surface area contributed by atoms with Crippen molar-refractivity contribution in [2.75, 3.05) is 6.54 Å². The molecule has 2 aromatic rings. The van der Waals surface area contributed by atoms with Crippen LogP contribution in [0.15, 0.2) is 48.5 Å². The summed E-state index contributed by atoms with van der Waals surface area (Å²) in [5.74, 6) is -0.804. The van der Waals surface area contributed by atoms with Crippen molar-refractivity contribution in [3.05, 3.63) is 71.0 Å². The van der Waals surface area contributed by atoms with Crippen LogP contribution in [0.4, 0.5) is 4.39 Å². The Morgan fingerprint density at radius 1 is 1.04 bits per heavy atom. The van der Waals surface area contributed by atoms with E-state index in [2.05, 4.69) is 5.32 Å². The minimum Gasteiger partial charge on any atom is -0.384 e. The first-order chi connectivity index (χ1) is 11.8. The lowest BCUT2D eigenvalue weighted by Gasteiger charge is -2.24. The summed E-state index contributed by atoms with van der Waals surface area (Å²) in [5, 5.41) is 13.0. The van der Waals surface area contributed by atoms with Gasteiger partial charge in [0.25, 0.3) is 0 Å². The number of Topliss-reactive ketones (excluding diaryl/α,β-unsaturated/α-hetero) is 1. The first-order valence-electron chi connectivity index (χ1n) is 8.13. The summed E-state index contributed by atoms with van der Waals surface area (Å²) < 4.78 is 12.9. The molecule has 25 heavy (non-hydrogen) atoms. The molecule has 2 N–H and O–H groups in total. The predicted molar refractivity (Wildman–Crippen MR) is 93.7 cm³/mol. The molecule has 0 aromatic heterocycles. The number of hydrogen-bond acceptors (Lipinski definition) is 3. The van der Waals surface area contributed by atoms with Crippen molar-refractivity contribution in [1.82, 2.24) is 5.32 Å². The molecule has 0 aliphatic heterocycles. The normalized spacial score (nSPS) is 13.1. The maximum Gasteiger partial charge on any atom is 0.220 e. The van der Waals surface area contributed by atoms with E-state index in [1.165, 1.54) is 31.2 Å². The van der Waals surface area contributed by atoms with Crippen LogP contribution in [0.2, 0.25) is 0 Å². The Morgan fingerprint density at radius 3 is 2.24 bits per heavy atom. The quantitative estimate of drug-likeness (QED) is 0.759. The van der Waals surface area contributed by atoms with Crippen LogP contribution in [0.25, 0.3) is 0 Å². The Morgan fingerprint density at radius 2 is 1.64 bits per heavy atom. The molecule has 5 heteroatoms. The maximum absolute atomic E-state index is 12.9. The molecule has 0 bridgehead atoms. The molecule has 0 heterocycles. The van der Waals surface area contributed by atoms with Crippen LogP contribution >= 0.6 is 0 Å². The number of aryl methyl sites for hydroxylation is 1. The number of carbonyl (C=O) groups is 2. The highest BCUT2D eigenvalue weighted by Crippen LogP contribution is 2.20. The SMILES string of the molecule is Cc1ccc(C(=O)CCC(=O)NCC(C)(O)c2ccc(F)cc2)cc1. The minimum absolute atomic E-state index is 0.0177. The van der Waals surface area contributed by atoms with Crippen LogP contribution in [0.3, 0.4) is 0 Å². The van der Waals surface area contributed by atoms with Gasteiger partial charge in [-0.2, -0.15) is 0 Å². The molecule has 2 rings (SSSR count). The van der Waals surface area contributed by atoms with E-state index in [0.29, 0.717) is 11.1 Å². The number of aliphatic hydroxyl groups is 1. The van der Waals surface area contributed by atoms with Gasteiger partial charge in [0.15, 0.2) is 5.78 Å². The van der Waals surface area contributed by atoms with E-state index in [0.717, 1.165) is 5.56 Å². The van der Waals surface area contributed by atoms with Gasteiger partial charge in [0.2, 0.25) is 5.91 Å². The lowest BCUT2D eigenvalue weighted by Crippen LogP contribution is -2.38. The highest BCUT2D eigenvalue weighted by atomic mass is 19.1. The topological polar surface area (TPSA) is 66.4 Å². The van der Waals surface area contributed by atoms with Crippen molar-refractivity contribution < 1.29 is 19.1 Å². The second kappa shape index (κ2) is 8.03. The Hall–Kier alpha value is -2.53. The van der Waals surface area contributed by atoms with E-state index in [9.17, 15) is 19.1 Å². The van der Waals surface area contributed by atoms with Crippen molar-refractivity contribution in [2.24, 2.45) is 0 Å². The molecule has 4 nitrogen and oxygen atoms in total. The average Bonchev–Trinajstić information content (AvgIpc) is 2.59. The number of hydrogen-bond donors (Lipinski definition) is 2. The summed E-state index contributed by atoms with van der Waals surface area (Å²) in [7, 11) is 0. The number of rotatable bonds is 7. The van der Waals surface area contributed by atoms with E-state index >= 15 is 0 Å². The van der Waals surface area contributed by atoms with Crippen molar-refractivity contribution in [3.8, 4) is 0 Å². The minimum atomic E-state index is -1.32. The van der Waals surface area contributed by atoms with Crippen molar-refractivity contribution in [2.45, 2.75) is 32.3 Å². The molecular formula is C20H22FNO3. The van der Waals surface area contributed by atoms with Gasteiger partial charge < -0.3 is 10.4 Å². The molecule has 1 amide bonds. The molecule has 2 aromatic carbocycles. The Balaban J connectivity index is 1.82. The predicted octanol–water partition coefficient (Wildman–Crippen LogP) is 3.12. The van der Waals surface area contributed by atoms with Crippen LogP contribution in [-0.2, 0) is 10.4 Å². The summed E-state index contributed by atoms with van der Waals surface area (Å²) in [5.41, 5.74) is 0.837. The van der Waals surface area contributed by atoms with Gasteiger partial charge in [-0.3, -0.25) is 9.59 Å². The number of nitrogens with one attached hydrogen (secondary N) is 1. The van der Waals surface area contributed by atoms with Gasteiger partial charge >= 0.3 is 0 Å². The fourth-order valence-corrected chi connectivity index (χ4v) is 2.38. The first-order valence-corrected chi connectivity index (χ1v) is 8.13. The van der Waals surface area contributed by atoms with Crippen LogP contribution in [-0.4, -0.2) is 23.3 Å². The average molecular weight is 343 g/mol. The highest BCUT2D eigenvalue weighted by molar-refractivity contribution is 5.97. The Labute approximate surface area is 146 Å². The molecule has 0 radical (unpaired) electrons. The third kappa shape index (κ3) is 5.50. The van der Waals surface area contributed by atoms with E-state index < -0.39 is 11.4 Å². The smallest absolute Gasteiger partial charge is 0.220 e. The summed E-state index contributed by atoms with van der Waals surface area (Å²) in [6.07, 6.45) is 0.153. The number of benzene rings is 2. The molecular weight excluding hydrogens is 321 g/mol. The highest BCUT2D eigenvalue weighted by Gasteiger charge is 2.24. The summed E-state index contributed by atoms with van der Waals surface area (Å²) in [6, 6.07) is 12.7. The number of carbonyl (C=O) groups excluding carboxylic acids is 2. The van der Waals surface area contributed by atoms with Gasteiger partial charge in [-0.1, -0.05) is 42.0 Å².